The van der Waals surface area contributed by atoms with Crippen molar-refractivity contribution in [2.24, 2.45) is 0 Å². The number of hydrogen-bond acceptors (Lipinski definition) is 4. The van der Waals surface area contributed by atoms with Gasteiger partial charge in [-0.25, -0.2) is 0 Å². The number of hydrogen-bond donors (Lipinski definition) is 2. The quantitative estimate of drug-likeness (QED) is 0.291. The summed E-state index contributed by atoms with van der Waals surface area (Å²) in [6, 6.07) is 13.4. The van der Waals surface area contributed by atoms with Crippen molar-refractivity contribution in [3.63, 3.8) is 0 Å². The van der Waals surface area contributed by atoms with E-state index in [1.807, 2.05) is 36.4 Å². The summed E-state index contributed by atoms with van der Waals surface area (Å²) >= 11 is 6.10. The van der Waals surface area contributed by atoms with Gasteiger partial charge in [0, 0.05) is 40.1 Å². The van der Waals surface area contributed by atoms with E-state index in [4.69, 9.17) is 11.6 Å². The number of aromatic nitrogens is 1. The average molecular weight is 485 g/mol. The highest BCUT2D eigenvalue weighted by molar-refractivity contribution is 6.31. The normalized spacial score (nSPS) is 10.6. The fraction of sp³-hybridized carbons (Fsp3) is 0.375. The van der Waals surface area contributed by atoms with E-state index in [9.17, 15) is 5.11 Å². The minimum absolute atomic E-state index is 0. The first kappa shape index (κ1) is 27.3. The lowest BCUT2D eigenvalue weighted by Gasteiger charge is -2.23. The van der Waals surface area contributed by atoms with Crippen LogP contribution in [0.25, 0.3) is 10.9 Å². The molecular formula is C24H32Cl3N3O. The summed E-state index contributed by atoms with van der Waals surface area (Å²) < 4.78 is 0. The number of anilines is 2. The Morgan fingerprint density at radius 2 is 1.68 bits per heavy atom. The summed E-state index contributed by atoms with van der Waals surface area (Å²) in [5.74, 6) is 0.347. The minimum atomic E-state index is 0. The van der Waals surface area contributed by atoms with Gasteiger partial charge >= 0.3 is 0 Å². The fourth-order valence-corrected chi connectivity index (χ4v) is 3.62. The summed E-state index contributed by atoms with van der Waals surface area (Å²) in [5, 5.41) is 15.6. The van der Waals surface area contributed by atoms with E-state index >= 15 is 0 Å². The second kappa shape index (κ2) is 13.6. The SMILES string of the molecule is CCCCN(CCCC)Cc1cc(Nc2ccnc3cc(Cl)ccc23)ccc1O.Cl.Cl. The van der Waals surface area contributed by atoms with Crippen LogP contribution < -0.4 is 5.32 Å². The van der Waals surface area contributed by atoms with Gasteiger partial charge in [0.2, 0.25) is 0 Å². The number of halogens is 3. The third kappa shape index (κ3) is 7.73. The number of aromatic hydroxyl groups is 1. The number of fused-ring (bicyclic) bond motifs is 1. The Kier molecular flexibility index (Phi) is 12.0. The topological polar surface area (TPSA) is 48.4 Å². The van der Waals surface area contributed by atoms with E-state index in [-0.39, 0.29) is 24.8 Å². The molecule has 3 rings (SSSR count). The first-order valence-corrected chi connectivity index (χ1v) is 10.8. The Hall–Kier alpha value is -1.72. The number of phenolic OH excluding ortho intramolecular Hbond substituents is 1. The molecule has 0 bridgehead atoms. The van der Waals surface area contributed by atoms with Gasteiger partial charge in [-0.2, -0.15) is 0 Å². The van der Waals surface area contributed by atoms with Crippen LogP contribution in [0.4, 0.5) is 11.4 Å². The number of rotatable bonds is 10. The van der Waals surface area contributed by atoms with E-state index in [2.05, 4.69) is 29.0 Å². The van der Waals surface area contributed by atoms with Gasteiger partial charge in [0.05, 0.1) is 5.52 Å². The van der Waals surface area contributed by atoms with Gasteiger partial charge in [-0.1, -0.05) is 38.3 Å². The van der Waals surface area contributed by atoms with Crippen molar-refractivity contribution < 1.29 is 5.11 Å². The second-order valence-electron chi connectivity index (χ2n) is 7.47. The third-order valence-corrected chi connectivity index (χ3v) is 5.35. The van der Waals surface area contributed by atoms with Crippen molar-refractivity contribution in [3.05, 3.63) is 59.2 Å². The Labute approximate surface area is 202 Å². The molecule has 0 atom stereocenters. The predicted molar refractivity (Wildman–Crippen MR) is 138 cm³/mol. The first-order chi connectivity index (χ1) is 14.1. The summed E-state index contributed by atoms with van der Waals surface area (Å²) in [4.78, 5) is 6.84. The van der Waals surface area contributed by atoms with Gasteiger partial charge in [0.15, 0.2) is 0 Å². The Morgan fingerprint density at radius 3 is 2.35 bits per heavy atom. The molecule has 0 saturated carbocycles. The van der Waals surface area contributed by atoms with Gasteiger partial charge in [0.1, 0.15) is 5.75 Å². The molecule has 0 radical (unpaired) electrons. The average Bonchev–Trinajstić information content (AvgIpc) is 2.72. The summed E-state index contributed by atoms with van der Waals surface area (Å²) in [5.41, 5.74) is 3.72. The largest absolute Gasteiger partial charge is 0.508 e. The van der Waals surface area contributed by atoms with Crippen molar-refractivity contribution in [1.29, 1.82) is 0 Å². The van der Waals surface area contributed by atoms with Crippen LogP contribution in [0.5, 0.6) is 5.75 Å². The molecule has 0 saturated heterocycles. The van der Waals surface area contributed by atoms with Gasteiger partial charge in [-0.05, 0) is 68.4 Å². The van der Waals surface area contributed by atoms with Crippen molar-refractivity contribution >= 4 is 58.7 Å². The van der Waals surface area contributed by atoms with Crippen LogP contribution in [0.2, 0.25) is 5.02 Å². The first-order valence-electron chi connectivity index (χ1n) is 10.5. The maximum Gasteiger partial charge on any atom is 0.120 e. The lowest BCUT2D eigenvalue weighted by Crippen LogP contribution is -2.25. The van der Waals surface area contributed by atoms with Crippen molar-refractivity contribution in [2.75, 3.05) is 18.4 Å². The highest BCUT2D eigenvalue weighted by Crippen LogP contribution is 2.29. The molecule has 0 aliphatic rings. The number of nitrogens with one attached hydrogen (secondary N) is 1. The van der Waals surface area contributed by atoms with Crippen LogP contribution in [0, 0.1) is 0 Å². The molecule has 0 unspecified atom stereocenters. The van der Waals surface area contributed by atoms with Gasteiger partial charge in [-0.3, -0.25) is 9.88 Å². The van der Waals surface area contributed by atoms with Gasteiger partial charge in [-0.15, -0.1) is 24.8 Å². The van der Waals surface area contributed by atoms with E-state index in [1.165, 1.54) is 25.7 Å². The summed E-state index contributed by atoms with van der Waals surface area (Å²) in [6.07, 6.45) is 6.48. The fourth-order valence-electron chi connectivity index (χ4n) is 3.45. The van der Waals surface area contributed by atoms with E-state index in [0.29, 0.717) is 10.8 Å². The molecule has 0 aliphatic carbocycles. The van der Waals surface area contributed by atoms with Crippen LogP contribution in [-0.2, 0) is 6.54 Å². The molecule has 2 aromatic carbocycles. The molecule has 3 aromatic rings. The van der Waals surface area contributed by atoms with Crippen molar-refractivity contribution in [2.45, 2.75) is 46.1 Å². The lowest BCUT2D eigenvalue weighted by atomic mass is 10.1. The smallest absolute Gasteiger partial charge is 0.120 e. The highest BCUT2D eigenvalue weighted by Gasteiger charge is 2.11. The molecule has 170 valence electrons. The summed E-state index contributed by atoms with van der Waals surface area (Å²) in [6.45, 7) is 7.30. The van der Waals surface area contributed by atoms with Crippen LogP contribution in [-0.4, -0.2) is 28.1 Å². The lowest BCUT2D eigenvalue weighted by molar-refractivity contribution is 0.254. The van der Waals surface area contributed by atoms with E-state index < -0.39 is 0 Å². The monoisotopic (exact) mass is 483 g/mol. The Morgan fingerprint density at radius 1 is 0.968 bits per heavy atom. The number of unbranched alkanes of at least 4 members (excludes halogenated alkanes) is 2. The molecule has 0 fully saturated rings. The molecular weight excluding hydrogens is 453 g/mol. The van der Waals surface area contributed by atoms with Crippen LogP contribution in [0.15, 0.2) is 48.7 Å². The molecule has 7 heteroatoms. The molecule has 1 heterocycles. The maximum atomic E-state index is 10.4. The number of phenols is 1. The van der Waals surface area contributed by atoms with Crippen LogP contribution in [0.3, 0.4) is 0 Å². The molecule has 1 aromatic heterocycles. The molecule has 0 spiro atoms. The zero-order valence-electron chi connectivity index (χ0n) is 18.1. The third-order valence-electron chi connectivity index (χ3n) is 5.11. The molecule has 2 N–H and O–H groups in total. The Balaban J connectivity index is 0.00000240. The maximum absolute atomic E-state index is 10.4. The van der Waals surface area contributed by atoms with Crippen LogP contribution >= 0.6 is 36.4 Å². The van der Waals surface area contributed by atoms with Gasteiger partial charge < -0.3 is 10.4 Å². The zero-order valence-corrected chi connectivity index (χ0v) is 20.5. The minimum Gasteiger partial charge on any atom is -0.508 e. The van der Waals surface area contributed by atoms with Crippen molar-refractivity contribution in [3.8, 4) is 5.75 Å². The van der Waals surface area contributed by atoms with Crippen LogP contribution in [0.1, 0.15) is 45.1 Å². The zero-order chi connectivity index (χ0) is 20.6. The number of nitrogens with zero attached hydrogens (tertiary/aromatic N) is 2. The molecule has 4 nitrogen and oxygen atoms in total. The highest BCUT2D eigenvalue weighted by atomic mass is 35.5. The number of benzene rings is 2. The molecule has 0 amide bonds. The van der Waals surface area contributed by atoms with E-state index in [1.54, 1.807) is 12.3 Å². The molecule has 0 aliphatic heterocycles. The predicted octanol–water partition coefficient (Wildman–Crippen LogP) is 7.58. The van der Waals surface area contributed by atoms with Gasteiger partial charge in [0.25, 0.3) is 0 Å². The standard InChI is InChI=1S/C24H30ClN3O.2ClH/c1-3-5-13-28(14-6-4-2)17-18-15-20(8-10-24(18)29)27-22-11-12-26-23-16-19(25)7-9-21(22)23;;/h7-12,15-16,29H,3-6,13-14,17H2,1-2H3,(H,26,27);2*1H. The summed E-state index contributed by atoms with van der Waals surface area (Å²) in [7, 11) is 0. The Bertz CT molecular complexity index is 945. The van der Waals surface area contributed by atoms with E-state index in [0.717, 1.165) is 47.5 Å². The molecule has 31 heavy (non-hydrogen) atoms. The number of pyridine rings is 1. The van der Waals surface area contributed by atoms with Crippen molar-refractivity contribution in [1.82, 2.24) is 9.88 Å². The second-order valence-corrected chi connectivity index (χ2v) is 7.91.